The average molecular weight is 330 g/mol. The molecule has 1 aromatic heterocycles. The van der Waals surface area contributed by atoms with Crippen molar-refractivity contribution in [2.45, 2.75) is 6.54 Å². The standard InChI is InChI=1S/C17H13Cl2N3/c18-14-9-5-4-8-13(14)11-20-16-10-15(19)21-17(22-16)12-6-2-1-3-7-12/h1-10H,11H2,(H,20,21,22). The third-order valence-corrected chi connectivity index (χ3v) is 3.71. The Morgan fingerprint density at radius 3 is 2.36 bits per heavy atom. The number of aromatic nitrogens is 2. The highest BCUT2D eigenvalue weighted by molar-refractivity contribution is 6.31. The molecular formula is C17H13Cl2N3. The van der Waals surface area contributed by atoms with Crippen molar-refractivity contribution in [3.8, 4) is 11.4 Å². The molecule has 0 radical (unpaired) electrons. The maximum atomic E-state index is 6.15. The van der Waals surface area contributed by atoms with Crippen LogP contribution in [0, 0.1) is 0 Å². The topological polar surface area (TPSA) is 37.8 Å². The zero-order valence-electron chi connectivity index (χ0n) is 11.6. The van der Waals surface area contributed by atoms with Crippen molar-refractivity contribution >= 4 is 29.0 Å². The Hall–Kier alpha value is -2.10. The van der Waals surface area contributed by atoms with E-state index in [1.165, 1.54) is 0 Å². The predicted octanol–water partition coefficient (Wildman–Crippen LogP) is 5.06. The van der Waals surface area contributed by atoms with Crippen molar-refractivity contribution < 1.29 is 0 Å². The van der Waals surface area contributed by atoms with Gasteiger partial charge in [-0.2, -0.15) is 0 Å². The summed E-state index contributed by atoms with van der Waals surface area (Å²) in [5.41, 5.74) is 1.92. The normalized spacial score (nSPS) is 10.5. The van der Waals surface area contributed by atoms with Crippen LogP contribution in [0.2, 0.25) is 10.2 Å². The Kier molecular flexibility index (Phi) is 4.56. The summed E-state index contributed by atoms with van der Waals surface area (Å²) in [6, 6.07) is 19.1. The molecule has 0 aliphatic carbocycles. The summed E-state index contributed by atoms with van der Waals surface area (Å²) >= 11 is 12.2. The summed E-state index contributed by atoms with van der Waals surface area (Å²) in [6.07, 6.45) is 0. The van der Waals surface area contributed by atoms with Gasteiger partial charge >= 0.3 is 0 Å². The first-order valence-electron chi connectivity index (χ1n) is 6.79. The number of nitrogens with zero attached hydrogens (tertiary/aromatic N) is 2. The molecule has 1 N–H and O–H groups in total. The van der Waals surface area contributed by atoms with Gasteiger partial charge in [0.1, 0.15) is 11.0 Å². The summed E-state index contributed by atoms with van der Waals surface area (Å²) in [7, 11) is 0. The van der Waals surface area contributed by atoms with Gasteiger partial charge in [-0.1, -0.05) is 71.7 Å². The molecule has 0 saturated carbocycles. The fraction of sp³-hybridized carbons (Fsp3) is 0.0588. The fourth-order valence-electron chi connectivity index (χ4n) is 2.05. The van der Waals surface area contributed by atoms with Crippen molar-refractivity contribution in [2.24, 2.45) is 0 Å². The summed E-state index contributed by atoms with van der Waals surface area (Å²) in [5, 5.41) is 4.35. The largest absolute Gasteiger partial charge is 0.366 e. The molecule has 0 atom stereocenters. The smallest absolute Gasteiger partial charge is 0.163 e. The van der Waals surface area contributed by atoms with Gasteiger partial charge in [0.15, 0.2) is 5.82 Å². The van der Waals surface area contributed by atoms with Gasteiger partial charge in [0, 0.05) is 23.2 Å². The summed E-state index contributed by atoms with van der Waals surface area (Å²) < 4.78 is 0. The summed E-state index contributed by atoms with van der Waals surface area (Å²) in [6.45, 7) is 0.571. The molecular weight excluding hydrogens is 317 g/mol. The highest BCUT2D eigenvalue weighted by Gasteiger charge is 2.06. The van der Waals surface area contributed by atoms with Crippen LogP contribution < -0.4 is 5.32 Å². The van der Waals surface area contributed by atoms with Gasteiger partial charge in [0.2, 0.25) is 0 Å². The lowest BCUT2D eigenvalue weighted by molar-refractivity contribution is 1.09. The van der Waals surface area contributed by atoms with E-state index in [-0.39, 0.29) is 0 Å². The molecule has 0 bridgehead atoms. The van der Waals surface area contributed by atoms with E-state index in [1.807, 2.05) is 54.6 Å². The number of hydrogen-bond acceptors (Lipinski definition) is 3. The fourth-order valence-corrected chi connectivity index (χ4v) is 2.44. The lowest BCUT2D eigenvalue weighted by Gasteiger charge is -2.09. The van der Waals surface area contributed by atoms with E-state index in [2.05, 4.69) is 15.3 Å². The van der Waals surface area contributed by atoms with Crippen molar-refractivity contribution in [2.75, 3.05) is 5.32 Å². The maximum Gasteiger partial charge on any atom is 0.163 e. The van der Waals surface area contributed by atoms with Gasteiger partial charge in [-0.15, -0.1) is 0 Å². The Morgan fingerprint density at radius 2 is 1.59 bits per heavy atom. The van der Waals surface area contributed by atoms with Crippen LogP contribution in [0.5, 0.6) is 0 Å². The van der Waals surface area contributed by atoms with E-state index in [0.29, 0.717) is 23.3 Å². The Balaban J connectivity index is 1.83. The highest BCUT2D eigenvalue weighted by Crippen LogP contribution is 2.21. The summed E-state index contributed by atoms with van der Waals surface area (Å²) in [4.78, 5) is 8.76. The Labute approximate surface area is 139 Å². The number of nitrogens with one attached hydrogen (secondary N) is 1. The van der Waals surface area contributed by atoms with Crippen molar-refractivity contribution in [3.63, 3.8) is 0 Å². The average Bonchev–Trinajstić information content (AvgIpc) is 2.54. The van der Waals surface area contributed by atoms with Crippen LogP contribution in [0.1, 0.15) is 5.56 Å². The quantitative estimate of drug-likeness (QED) is 0.679. The number of halogens is 2. The van der Waals surface area contributed by atoms with Gasteiger partial charge in [-0.05, 0) is 11.6 Å². The van der Waals surface area contributed by atoms with Crippen LogP contribution in [0.25, 0.3) is 11.4 Å². The molecule has 3 rings (SSSR count). The second kappa shape index (κ2) is 6.77. The van der Waals surface area contributed by atoms with Crippen molar-refractivity contribution in [1.29, 1.82) is 0 Å². The molecule has 0 fully saturated rings. The van der Waals surface area contributed by atoms with Gasteiger partial charge in [0.05, 0.1) is 0 Å². The first-order chi connectivity index (χ1) is 10.7. The lowest BCUT2D eigenvalue weighted by Crippen LogP contribution is -2.03. The zero-order valence-corrected chi connectivity index (χ0v) is 13.1. The SMILES string of the molecule is Clc1cc(NCc2ccccc2Cl)nc(-c2ccccc2)n1. The molecule has 0 aliphatic rings. The van der Waals surface area contributed by atoms with Crippen LogP contribution in [-0.4, -0.2) is 9.97 Å². The number of hydrogen-bond donors (Lipinski definition) is 1. The third kappa shape index (κ3) is 3.56. The monoisotopic (exact) mass is 329 g/mol. The van der Waals surface area contributed by atoms with Gasteiger partial charge in [-0.25, -0.2) is 9.97 Å². The van der Waals surface area contributed by atoms with Gasteiger partial charge < -0.3 is 5.32 Å². The van der Waals surface area contributed by atoms with E-state index in [4.69, 9.17) is 23.2 Å². The molecule has 110 valence electrons. The van der Waals surface area contributed by atoms with Gasteiger partial charge in [-0.3, -0.25) is 0 Å². The number of benzene rings is 2. The second-order valence-electron chi connectivity index (χ2n) is 4.71. The van der Waals surface area contributed by atoms with E-state index < -0.39 is 0 Å². The number of anilines is 1. The minimum absolute atomic E-state index is 0.399. The lowest BCUT2D eigenvalue weighted by atomic mass is 10.2. The van der Waals surface area contributed by atoms with E-state index in [9.17, 15) is 0 Å². The molecule has 0 spiro atoms. The molecule has 3 nitrogen and oxygen atoms in total. The molecule has 3 aromatic rings. The van der Waals surface area contributed by atoms with Gasteiger partial charge in [0.25, 0.3) is 0 Å². The molecule has 0 saturated heterocycles. The predicted molar refractivity (Wildman–Crippen MR) is 91.3 cm³/mol. The van der Waals surface area contributed by atoms with Crippen LogP contribution in [0.15, 0.2) is 60.7 Å². The van der Waals surface area contributed by atoms with Crippen LogP contribution in [-0.2, 0) is 6.54 Å². The molecule has 0 unspecified atom stereocenters. The van der Waals surface area contributed by atoms with E-state index in [1.54, 1.807) is 6.07 Å². The molecule has 0 aliphatic heterocycles. The second-order valence-corrected chi connectivity index (χ2v) is 5.50. The van der Waals surface area contributed by atoms with Crippen molar-refractivity contribution in [3.05, 3.63) is 76.4 Å². The van der Waals surface area contributed by atoms with Crippen molar-refractivity contribution in [1.82, 2.24) is 9.97 Å². The first-order valence-corrected chi connectivity index (χ1v) is 7.55. The molecule has 5 heteroatoms. The minimum Gasteiger partial charge on any atom is -0.366 e. The summed E-state index contributed by atoms with van der Waals surface area (Å²) in [5.74, 6) is 1.26. The van der Waals surface area contributed by atoms with Crippen LogP contribution in [0.3, 0.4) is 0 Å². The minimum atomic E-state index is 0.399. The Morgan fingerprint density at radius 1 is 0.864 bits per heavy atom. The van der Waals surface area contributed by atoms with E-state index >= 15 is 0 Å². The van der Waals surface area contributed by atoms with Crippen LogP contribution >= 0.6 is 23.2 Å². The van der Waals surface area contributed by atoms with Crippen LogP contribution in [0.4, 0.5) is 5.82 Å². The first kappa shape index (κ1) is 14.8. The zero-order chi connectivity index (χ0) is 15.4. The highest BCUT2D eigenvalue weighted by atomic mass is 35.5. The third-order valence-electron chi connectivity index (χ3n) is 3.14. The molecule has 0 amide bonds. The number of rotatable bonds is 4. The molecule has 1 heterocycles. The Bertz CT molecular complexity index is 776. The molecule has 22 heavy (non-hydrogen) atoms. The maximum absolute atomic E-state index is 6.15. The molecule has 2 aromatic carbocycles. The van der Waals surface area contributed by atoms with E-state index in [0.717, 1.165) is 16.1 Å².